The zero-order chi connectivity index (χ0) is 10.7. The van der Waals surface area contributed by atoms with Gasteiger partial charge >= 0.3 is 5.97 Å². The largest absolute Gasteiger partial charge is 0.480 e. The van der Waals surface area contributed by atoms with E-state index in [0.717, 1.165) is 16.7 Å². The van der Waals surface area contributed by atoms with Crippen molar-refractivity contribution in [3.8, 4) is 0 Å². The predicted octanol–water partition coefficient (Wildman–Crippen LogP) is 2.69. The molecule has 0 heterocycles. The van der Waals surface area contributed by atoms with Crippen LogP contribution in [0.25, 0.3) is 0 Å². The first-order valence-corrected chi connectivity index (χ1v) is 5.36. The van der Waals surface area contributed by atoms with Gasteiger partial charge in [-0.3, -0.25) is 4.79 Å². The first kappa shape index (κ1) is 11.2. The van der Waals surface area contributed by atoms with Crippen LogP contribution in [0.5, 0.6) is 0 Å². The quantitative estimate of drug-likeness (QED) is 0.845. The fourth-order valence-electron chi connectivity index (χ4n) is 1.44. The van der Waals surface area contributed by atoms with E-state index in [4.69, 9.17) is 5.11 Å². The molecule has 0 radical (unpaired) electrons. The van der Waals surface area contributed by atoms with Crippen molar-refractivity contribution in [2.75, 3.05) is 0 Å². The van der Waals surface area contributed by atoms with E-state index < -0.39 is 10.8 Å². The molecule has 0 aliphatic rings. The Bertz CT molecular complexity index is 327. The minimum Gasteiger partial charge on any atom is -0.480 e. The van der Waals surface area contributed by atoms with Gasteiger partial charge in [0.1, 0.15) is 4.83 Å². The standard InChI is InChI=1S/C11H13BrO2/c1-7-4-3-5-8(2)9(7)6-10(12)11(13)14/h3-5,10H,6H2,1-2H3,(H,13,14)/t10-/m0/s1. The maximum atomic E-state index is 10.7. The Labute approximate surface area is 92.1 Å². The van der Waals surface area contributed by atoms with Crippen LogP contribution in [0.15, 0.2) is 18.2 Å². The number of aryl methyl sites for hydroxylation is 2. The van der Waals surface area contributed by atoms with E-state index in [1.165, 1.54) is 0 Å². The fraction of sp³-hybridized carbons (Fsp3) is 0.364. The Balaban J connectivity index is 2.91. The summed E-state index contributed by atoms with van der Waals surface area (Å²) in [6.07, 6.45) is 0.536. The molecular weight excluding hydrogens is 244 g/mol. The number of aliphatic carboxylic acids is 1. The highest BCUT2D eigenvalue weighted by Gasteiger charge is 2.15. The number of rotatable bonds is 3. The lowest BCUT2D eigenvalue weighted by Gasteiger charge is -2.10. The van der Waals surface area contributed by atoms with Gasteiger partial charge in [0, 0.05) is 0 Å². The predicted molar refractivity (Wildman–Crippen MR) is 60.0 cm³/mol. The Morgan fingerprint density at radius 3 is 2.36 bits per heavy atom. The molecular formula is C11H13BrO2. The Kier molecular flexibility index (Phi) is 3.69. The number of halogens is 1. The average molecular weight is 257 g/mol. The topological polar surface area (TPSA) is 37.3 Å². The van der Waals surface area contributed by atoms with Crippen LogP contribution < -0.4 is 0 Å². The fourth-order valence-corrected chi connectivity index (χ4v) is 1.76. The van der Waals surface area contributed by atoms with Crippen LogP contribution in [0.1, 0.15) is 16.7 Å². The van der Waals surface area contributed by atoms with Gasteiger partial charge in [-0.1, -0.05) is 34.1 Å². The molecule has 1 rings (SSSR count). The van der Waals surface area contributed by atoms with Crippen LogP contribution in [-0.2, 0) is 11.2 Å². The van der Waals surface area contributed by atoms with Crippen molar-refractivity contribution in [3.63, 3.8) is 0 Å². The maximum absolute atomic E-state index is 10.7. The van der Waals surface area contributed by atoms with Gasteiger partial charge < -0.3 is 5.11 Å². The Morgan fingerprint density at radius 1 is 1.43 bits per heavy atom. The molecule has 2 nitrogen and oxygen atoms in total. The molecule has 76 valence electrons. The van der Waals surface area contributed by atoms with Crippen LogP contribution in [0.3, 0.4) is 0 Å². The molecule has 0 saturated carbocycles. The second-order valence-corrected chi connectivity index (χ2v) is 4.49. The zero-order valence-corrected chi connectivity index (χ0v) is 9.84. The lowest BCUT2D eigenvalue weighted by Crippen LogP contribution is -2.16. The number of alkyl halides is 1. The zero-order valence-electron chi connectivity index (χ0n) is 8.25. The van der Waals surface area contributed by atoms with E-state index in [2.05, 4.69) is 15.9 Å². The Morgan fingerprint density at radius 2 is 1.93 bits per heavy atom. The van der Waals surface area contributed by atoms with Gasteiger partial charge in [-0.25, -0.2) is 0 Å². The van der Waals surface area contributed by atoms with Crippen molar-refractivity contribution in [1.29, 1.82) is 0 Å². The van der Waals surface area contributed by atoms with Crippen molar-refractivity contribution in [2.45, 2.75) is 25.1 Å². The van der Waals surface area contributed by atoms with Crippen LogP contribution in [0.4, 0.5) is 0 Å². The van der Waals surface area contributed by atoms with Crippen LogP contribution in [-0.4, -0.2) is 15.9 Å². The number of benzene rings is 1. The number of carbonyl (C=O) groups is 1. The van der Waals surface area contributed by atoms with E-state index in [-0.39, 0.29) is 0 Å². The summed E-state index contributed by atoms with van der Waals surface area (Å²) in [5.41, 5.74) is 3.42. The number of hydrogen-bond acceptors (Lipinski definition) is 1. The summed E-state index contributed by atoms with van der Waals surface area (Å²) < 4.78 is 0. The highest BCUT2D eigenvalue weighted by Crippen LogP contribution is 2.18. The first-order chi connectivity index (χ1) is 6.52. The van der Waals surface area contributed by atoms with E-state index >= 15 is 0 Å². The number of hydrogen-bond donors (Lipinski definition) is 1. The van der Waals surface area contributed by atoms with Gasteiger partial charge in [0.15, 0.2) is 0 Å². The van der Waals surface area contributed by atoms with Crippen LogP contribution >= 0.6 is 15.9 Å². The van der Waals surface area contributed by atoms with Gasteiger partial charge in [0.25, 0.3) is 0 Å². The maximum Gasteiger partial charge on any atom is 0.317 e. The molecule has 1 aromatic carbocycles. The lowest BCUT2D eigenvalue weighted by molar-refractivity contribution is -0.136. The number of carboxylic acids is 1. The molecule has 3 heteroatoms. The third-order valence-electron chi connectivity index (χ3n) is 2.30. The normalized spacial score (nSPS) is 12.5. The monoisotopic (exact) mass is 256 g/mol. The van der Waals surface area contributed by atoms with Crippen LogP contribution in [0.2, 0.25) is 0 Å². The minimum absolute atomic E-state index is 0.498. The van der Waals surface area contributed by atoms with E-state index in [1.807, 2.05) is 32.0 Å². The third-order valence-corrected chi connectivity index (χ3v) is 3.01. The smallest absolute Gasteiger partial charge is 0.317 e. The second kappa shape index (κ2) is 4.60. The van der Waals surface area contributed by atoms with Crippen LogP contribution in [0, 0.1) is 13.8 Å². The summed E-state index contributed by atoms with van der Waals surface area (Å²) in [4.78, 5) is 10.2. The highest BCUT2D eigenvalue weighted by atomic mass is 79.9. The lowest BCUT2D eigenvalue weighted by atomic mass is 9.99. The molecule has 0 fully saturated rings. The summed E-state index contributed by atoms with van der Waals surface area (Å²) in [7, 11) is 0. The van der Waals surface area contributed by atoms with E-state index in [0.29, 0.717) is 6.42 Å². The van der Waals surface area contributed by atoms with Gasteiger partial charge in [0.2, 0.25) is 0 Å². The SMILES string of the molecule is Cc1cccc(C)c1C[C@H](Br)C(=O)O. The van der Waals surface area contributed by atoms with Gasteiger partial charge in [0.05, 0.1) is 0 Å². The third kappa shape index (κ3) is 2.58. The van der Waals surface area contributed by atoms with Gasteiger partial charge in [-0.2, -0.15) is 0 Å². The summed E-state index contributed by atoms with van der Waals surface area (Å²) in [6.45, 7) is 4.01. The molecule has 0 aromatic heterocycles. The van der Waals surface area contributed by atoms with E-state index in [9.17, 15) is 4.79 Å². The summed E-state index contributed by atoms with van der Waals surface area (Å²) in [5.74, 6) is -0.812. The van der Waals surface area contributed by atoms with Crippen molar-refractivity contribution in [2.24, 2.45) is 0 Å². The van der Waals surface area contributed by atoms with E-state index in [1.54, 1.807) is 0 Å². The van der Waals surface area contributed by atoms with Crippen molar-refractivity contribution in [3.05, 3.63) is 34.9 Å². The first-order valence-electron chi connectivity index (χ1n) is 4.44. The molecule has 14 heavy (non-hydrogen) atoms. The van der Waals surface area contributed by atoms with Crippen molar-refractivity contribution < 1.29 is 9.90 Å². The second-order valence-electron chi connectivity index (χ2n) is 3.38. The molecule has 1 N–H and O–H groups in total. The summed E-state index contributed by atoms with van der Waals surface area (Å²) in [6, 6.07) is 5.99. The molecule has 1 aromatic rings. The molecule has 0 spiro atoms. The summed E-state index contributed by atoms with van der Waals surface area (Å²) >= 11 is 3.15. The number of carboxylic acid groups (broad SMARTS) is 1. The molecule has 0 aliphatic heterocycles. The molecule has 0 unspecified atom stereocenters. The molecule has 0 aliphatic carbocycles. The molecule has 0 bridgehead atoms. The van der Waals surface area contributed by atoms with Crippen molar-refractivity contribution in [1.82, 2.24) is 0 Å². The molecule has 0 saturated heterocycles. The Hall–Kier alpha value is -0.830. The van der Waals surface area contributed by atoms with Crippen molar-refractivity contribution >= 4 is 21.9 Å². The highest BCUT2D eigenvalue weighted by molar-refractivity contribution is 9.10. The van der Waals surface area contributed by atoms with Gasteiger partial charge in [-0.05, 0) is 37.0 Å². The summed E-state index contributed by atoms with van der Waals surface area (Å²) in [5, 5.41) is 8.78. The molecule has 1 atom stereocenters. The van der Waals surface area contributed by atoms with Gasteiger partial charge in [-0.15, -0.1) is 0 Å². The molecule has 0 amide bonds. The average Bonchev–Trinajstić information content (AvgIpc) is 2.11. The minimum atomic E-state index is -0.812.